The van der Waals surface area contributed by atoms with E-state index in [1.807, 2.05) is 50.2 Å². The Morgan fingerprint density at radius 3 is 2.58 bits per heavy atom. The second kappa shape index (κ2) is 14.0. The summed E-state index contributed by atoms with van der Waals surface area (Å²) in [7, 11) is 0. The Balaban J connectivity index is 0.992. The number of benzene rings is 1. The van der Waals surface area contributed by atoms with Crippen LogP contribution in [0.5, 0.6) is 5.88 Å². The third kappa shape index (κ3) is 7.18. The molecule has 0 unspecified atom stereocenters. The SMILES string of the molecule is CC(C)OC(=O)c1ccc2nc(CN3CCC(c4cccc(OCc5ccc6cnn(CC(F)F)c6c5)n4)CC3)n(CC3CCC3)c2n1. The van der Waals surface area contributed by atoms with E-state index >= 15 is 0 Å². The highest BCUT2D eigenvalue weighted by Gasteiger charge is 2.26. The number of halogens is 2. The molecule has 1 aliphatic carbocycles. The van der Waals surface area contributed by atoms with Gasteiger partial charge in [-0.3, -0.25) is 9.58 Å². The van der Waals surface area contributed by atoms with E-state index in [-0.39, 0.29) is 12.7 Å². The minimum absolute atomic E-state index is 0.209. The Bertz CT molecular complexity index is 1890. The third-order valence-corrected chi connectivity index (χ3v) is 9.41. The summed E-state index contributed by atoms with van der Waals surface area (Å²) in [6.45, 7) is 6.92. The highest BCUT2D eigenvalue weighted by molar-refractivity contribution is 5.90. The molecular formula is C36H41F2N7O3. The number of pyridine rings is 2. The van der Waals surface area contributed by atoms with Crippen molar-refractivity contribution in [1.82, 2.24) is 34.2 Å². The van der Waals surface area contributed by atoms with Crippen LogP contribution in [0.15, 0.2) is 54.7 Å². The lowest BCUT2D eigenvalue weighted by Crippen LogP contribution is -2.34. The van der Waals surface area contributed by atoms with Gasteiger partial charge in [0.15, 0.2) is 11.3 Å². The van der Waals surface area contributed by atoms with Crippen LogP contribution in [-0.4, -0.2) is 65.8 Å². The first kappa shape index (κ1) is 32.1. The van der Waals surface area contributed by atoms with Crippen LogP contribution in [0.2, 0.25) is 0 Å². The van der Waals surface area contributed by atoms with Crippen molar-refractivity contribution < 1.29 is 23.0 Å². The summed E-state index contributed by atoms with van der Waals surface area (Å²) in [4.78, 5) is 29.6. The van der Waals surface area contributed by atoms with Gasteiger partial charge in [0.1, 0.15) is 24.5 Å². The number of imidazole rings is 1. The van der Waals surface area contributed by atoms with E-state index in [1.54, 1.807) is 12.3 Å². The zero-order valence-corrected chi connectivity index (χ0v) is 27.4. The number of hydrogen-bond acceptors (Lipinski definition) is 8. The molecule has 0 spiro atoms. The standard InChI is InChI=1S/C36H41F2N7O3/c1-23(2)48-36(46)30-12-11-29-35(42-30)44(19-24-5-3-6-24)33(40-29)21-43-15-13-26(14-16-43)28-7-4-8-34(41-28)47-22-25-9-10-27-18-39-45(20-32(37)38)31(27)17-25/h4,7-12,17-18,23-24,26,32H,3,5-6,13-16,19-22H2,1-2H3. The van der Waals surface area contributed by atoms with Crippen LogP contribution < -0.4 is 4.74 Å². The summed E-state index contributed by atoms with van der Waals surface area (Å²) < 4.78 is 40.9. The molecule has 0 radical (unpaired) electrons. The van der Waals surface area contributed by atoms with Gasteiger partial charge >= 0.3 is 5.97 Å². The van der Waals surface area contributed by atoms with Crippen molar-refractivity contribution in [3.05, 3.63) is 77.5 Å². The molecule has 12 heteroatoms. The van der Waals surface area contributed by atoms with Gasteiger partial charge in [-0.15, -0.1) is 0 Å². The molecule has 1 saturated heterocycles. The molecule has 2 aliphatic rings. The van der Waals surface area contributed by atoms with E-state index in [0.717, 1.165) is 72.7 Å². The number of carbonyl (C=O) groups excluding carboxylic acids is 1. The Morgan fingerprint density at radius 1 is 1.00 bits per heavy atom. The summed E-state index contributed by atoms with van der Waals surface area (Å²) in [5, 5.41) is 4.91. The lowest BCUT2D eigenvalue weighted by Gasteiger charge is -2.32. The Labute approximate surface area is 278 Å². The number of hydrogen-bond donors (Lipinski definition) is 0. The maximum atomic E-state index is 13.0. The van der Waals surface area contributed by atoms with Crippen molar-refractivity contribution in [2.45, 2.75) is 90.6 Å². The van der Waals surface area contributed by atoms with E-state index in [9.17, 15) is 13.6 Å². The van der Waals surface area contributed by atoms with Crippen molar-refractivity contribution in [2.24, 2.45) is 5.92 Å². The van der Waals surface area contributed by atoms with Crippen LogP contribution in [0.25, 0.3) is 22.1 Å². The molecule has 5 aromatic rings. The number of nitrogens with zero attached hydrogens (tertiary/aromatic N) is 7. The number of carbonyl (C=O) groups is 1. The molecule has 1 aromatic carbocycles. The van der Waals surface area contributed by atoms with E-state index in [0.29, 0.717) is 28.9 Å². The number of piperidine rings is 1. The van der Waals surface area contributed by atoms with Gasteiger partial charge in [0.25, 0.3) is 6.43 Å². The molecule has 2 fully saturated rings. The van der Waals surface area contributed by atoms with E-state index in [4.69, 9.17) is 24.4 Å². The lowest BCUT2D eigenvalue weighted by molar-refractivity contribution is 0.0371. The maximum absolute atomic E-state index is 13.0. The van der Waals surface area contributed by atoms with Gasteiger partial charge in [-0.2, -0.15) is 5.10 Å². The predicted octanol–water partition coefficient (Wildman–Crippen LogP) is 6.77. The third-order valence-electron chi connectivity index (χ3n) is 9.41. The summed E-state index contributed by atoms with van der Waals surface area (Å²) in [6, 6.07) is 15.1. The van der Waals surface area contributed by atoms with Crippen LogP contribution in [-0.2, 0) is 31.0 Å². The van der Waals surface area contributed by atoms with Crippen LogP contribution in [0, 0.1) is 5.92 Å². The molecule has 0 bridgehead atoms. The molecule has 4 aromatic heterocycles. The van der Waals surface area contributed by atoms with E-state index < -0.39 is 18.9 Å². The van der Waals surface area contributed by atoms with Gasteiger partial charge in [-0.05, 0) is 88.4 Å². The molecule has 5 heterocycles. The Hall–Kier alpha value is -4.45. The quantitative estimate of drug-likeness (QED) is 0.136. The molecule has 10 nitrogen and oxygen atoms in total. The molecule has 252 valence electrons. The molecule has 0 N–H and O–H groups in total. The summed E-state index contributed by atoms with van der Waals surface area (Å²) in [5.74, 6) is 2.05. The second-order valence-corrected chi connectivity index (χ2v) is 13.3. The molecule has 0 amide bonds. The summed E-state index contributed by atoms with van der Waals surface area (Å²) in [5.41, 5.74) is 4.42. The van der Waals surface area contributed by atoms with Crippen LogP contribution in [0.3, 0.4) is 0 Å². The predicted molar refractivity (Wildman–Crippen MR) is 177 cm³/mol. The van der Waals surface area contributed by atoms with Crippen LogP contribution in [0.1, 0.15) is 79.4 Å². The topological polar surface area (TPSA) is 100 Å². The number of fused-ring (bicyclic) bond motifs is 2. The molecule has 7 rings (SSSR count). The zero-order chi connectivity index (χ0) is 33.2. The smallest absolute Gasteiger partial charge is 0.357 e. The molecular weight excluding hydrogens is 616 g/mol. The minimum atomic E-state index is -2.47. The van der Waals surface area contributed by atoms with Crippen molar-refractivity contribution in [2.75, 3.05) is 13.1 Å². The average molecular weight is 658 g/mol. The molecule has 1 aliphatic heterocycles. The number of rotatable bonds is 12. The maximum Gasteiger partial charge on any atom is 0.357 e. The van der Waals surface area contributed by atoms with E-state index in [2.05, 4.69) is 20.6 Å². The first-order valence-electron chi connectivity index (χ1n) is 16.9. The number of aromatic nitrogens is 6. The van der Waals surface area contributed by atoms with Crippen molar-refractivity contribution in [3.8, 4) is 5.88 Å². The highest BCUT2D eigenvalue weighted by Crippen LogP contribution is 2.32. The van der Waals surface area contributed by atoms with Gasteiger partial charge in [0.05, 0.1) is 24.4 Å². The van der Waals surface area contributed by atoms with Gasteiger partial charge in [0.2, 0.25) is 5.88 Å². The normalized spacial score (nSPS) is 16.3. The van der Waals surface area contributed by atoms with Crippen molar-refractivity contribution in [1.29, 1.82) is 0 Å². The average Bonchev–Trinajstić information content (AvgIpc) is 3.61. The fourth-order valence-electron chi connectivity index (χ4n) is 6.65. The van der Waals surface area contributed by atoms with Gasteiger partial charge in [0, 0.05) is 29.6 Å². The highest BCUT2D eigenvalue weighted by atomic mass is 19.3. The summed E-state index contributed by atoms with van der Waals surface area (Å²) >= 11 is 0. The van der Waals surface area contributed by atoms with Gasteiger partial charge < -0.3 is 14.0 Å². The zero-order valence-electron chi connectivity index (χ0n) is 27.4. The molecule has 1 saturated carbocycles. The Kier molecular flexibility index (Phi) is 9.34. The lowest BCUT2D eigenvalue weighted by atomic mass is 9.85. The van der Waals surface area contributed by atoms with Crippen molar-refractivity contribution >= 4 is 28.0 Å². The second-order valence-electron chi connectivity index (χ2n) is 13.3. The van der Waals surface area contributed by atoms with Gasteiger partial charge in [-0.1, -0.05) is 24.6 Å². The van der Waals surface area contributed by atoms with E-state index in [1.165, 1.54) is 23.9 Å². The first-order chi connectivity index (χ1) is 23.3. The van der Waals surface area contributed by atoms with Crippen LogP contribution in [0.4, 0.5) is 8.78 Å². The monoisotopic (exact) mass is 657 g/mol. The molecule has 0 atom stereocenters. The summed E-state index contributed by atoms with van der Waals surface area (Å²) in [6.07, 6.45) is 4.52. The van der Waals surface area contributed by atoms with Crippen LogP contribution >= 0.6 is 0 Å². The van der Waals surface area contributed by atoms with Gasteiger partial charge in [-0.25, -0.2) is 28.5 Å². The number of esters is 1. The number of alkyl halides is 2. The number of likely N-dealkylation sites (tertiary alicyclic amines) is 1. The first-order valence-corrected chi connectivity index (χ1v) is 16.9. The van der Waals surface area contributed by atoms with Crippen molar-refractivity contribution in [3.63, 3.8) is 0 Å². The fourth-order valence-corrected chi connectivity index (χ4v) is 6.65. The minimum Gasteiger partial charge on any atom is -0.473 e. The number of ether oxygens (including phenoxy) is 2. The fraction of sp³-hybridized carbons (Fsp3) is 0.472. The molecule has 48 heavy (non-hydrogen) atoms. The Morgan fingerprint density at radius 2 is 1.83 bits per heavy atom. The largest absolute Gasteiger partial charge is 0.473 e.